The highest BCUT2D eigenvalue weighted by Gasteiger charge is 2.23. The van der Waals surface area contributed by atoms with Crippen LogP contribution in [0.15, 0.2) is 83.2 Å². The van der Waals surface area contributed by atoms with E-state index in [2.05, 4.69) is 35.6 Å². The number of imidazole rings is 1. The molecule has 3 nitrogen and oxygen atoms in total. The maximum Gasteiger partial charge on any atom is 0.205 e. The van der Waals surface area contributed by atoms with Crippen LogP contribution in [0.2, 0.25) is 0 Å². The fourth-order valence-electron chi connectivity index (χ4n) is 3.34. The van der Waals surface area contributed by atoms with Gasteiger partial charge in [0.15, 0.2) is 0 Å². The SMILES string of the molecule is Cc1ccc(CSc2sc(C(=O)c3ccccc3)c3nc4ccccn4c23)cc1. The Morgan fingerprint density at radius 3 is 2.55 bits per heavy atom. The number of rotatable bonds is 5. The van der Waals surface area contributed by atoms with Gasteiger partial charge in [-0.15, -0.1) is 23.1 Å². The van der Waals surface area contributed by atoms with Crippen molar-refractivity contribution in [2.45, 2.75) is 16.9 Å². The van der Waals surface area contributed by atoms with Crippen molar-refractivity contribution in [2.24, 2.45) is 0 Å². The van der Waals surface area contributed by atoms with E-state index in [0.717, 1.165) is 26.6 Å². The minimum atomic E-state index is 0.0335. The lowest BCUT2D eigenvalue weighted by molar-refractivity contribution is 0.104. The van der Waals surface area contributed by atoms with Crippen LogP contribution in [-0.2, 0) is 5.75 Å². The number of hydrogen-bond donors (Lipinski definition) is 0. The standard InChI is InChI=1S/C24H18N2OS2/c1-16-10-12-17(13-11-16)15-28-24-21-20(25-19-9-5-6-14-26(19)21)23(29-24)22(27)18-7-3-2-4-8-18/h2-14H,15H2,1H3. The number of benzene rings is 2. The first kappa shape index (κ1) is 18.2. The number of fused-ring (bicyclic) bond motifs is 3. The minimum Gasteiger partial charge on any atom is -0.298 e. The largest absolute Gasteiger partial charge is 0.298 e. The Morgan fingerprint density at radius 1 is 1.00 bits per heavy atom. The first-order valence-corrected chi connectivity index (χ1v) is 11.2. The maximum atomic E-state index is 13.2. The van der Waals surface area contributed by atoms with Gasteiger partial charge in [-0.05, 0) is 24.6 Å². The fourth-order valence-corrected chi connectivity index (χ4v) is 5.76. The lowest BCUT2D eigenvalue weighted by Crippen LogP contribution is -1.98. The normalized spacial score (nSPS) is 11.3. The monoisotopic (exact) mass is 414 g/mol. The summed E-state index contributed by atoms with van der Waals surface area (Å²) in [7, 11) is 0. The van der Waals surface area contributed by atoms with E-state index in [4.69, 9.17) is 4.98 Å². The number of thioether (sulfide) groups is 1. The molecule has 3 heterocycles. The van der Waals surface area contributed by atoms with E-state index in [9.17, 15) is 4.79 Å². The molecule has 0 aliphatic rings. The quantitative estimate of drug-likeness (QED) is 0.247. The number of aromatic nitrogens is 2. The highest BCUT2D eigenvalue weighted by molar-refractivity contribution is 8.00. The highest BCUT2D eigenvalue weighted by Crippen LogP contribution is 2.40. The number of ketones is 1. The fraction of sp³-hybridized carbons (Fsp3) is 0.0833. The van der Waals surface area contributed by atoms with Gasteiger partial charge in [0.25, 0.3) is 0 Å². The summed E-state index contributed by atoms with van der Waals surface area (Å²) >= 11 is 3.32. The maximum absolute atomic E-state index is 13.2. The Kier molecular flexibility index (Phi) is 4.70. The van der Waals surface area contributed by atoms with Crippen LogP contribution in [0, 0.1) is 6.92 Å². The van der Waals surface area contributed by atoms with Crippen LogP contribution in [0.3, 0.4) is 0 Å². The van der Waals surface area contributed by atoms with Crippen LogP contribution in [-0.4, -0.2) is 15.2 Å². The average Bonchev–Trinajstić information content (AvgIpc) is 3.31. The van der Waals surface area contributed by atoms with E-state index in [1.54, 1.807) is 23.1 Å². The molecule has 0 N–H and O–H groups in total. The van der Waals surface area contributed by atoms with Crippen molar-refractivity contribution in [2.75, 3.05) is 0 Å². The Bertz CT molecular complexity index is 1320. The third-order valence-electron chi connectivity index (χ3n) is 4.87. The highest BCUT2D eigenvalue weighted by atomic mass is 32.2. The molecule has 142 valence electrons. The van der Waals surface area contributed by atoms with E-state index in [1.165, 1.54) is 11.1 Å². The van der Waals surface area contributed by atoms with Gasteiger partial charge < -0.3 is 0 Å². The second kappa shape index (κ2) is 7.50. The molecule has 5 heteroatoms. The van der Waals surface area contributed by atoms with Crippen molar-refractivity contribution >= 4 is 45.6 Å². The molecule has 0 atom stereocenters. The summed E-state index contributed by atoms with van der Waals surface area (Å²) in [5, 5.41) is 0. The zero-order valence-electron chi connectivity index (χ0n) is 15.8. The van der Waals surface area contributed by atoms with Crippen LogP contribution in [0.25, 0.3) is 16.7 Å². The van der Waals surface area contributed by atoms with Gasteiger partial charge in [0, 0.05) is 17.5 Å². The molecule has 0 aliphatic heterocycles. The molecule has 29 heavy (non-hydrogen) atoms. The molecule has 2 aromatic carbocycles. The molecule has 3 aromatic heterocycles. The van der Waals surface area contributed by atoms with Crippen molar-refractivity contribution in [3.8, 4) is 0 Å². The van der Waals surface area contributed by atoms with E-state index in [-0.39, 0.29) is 5.78 Å². The summed E-state index contributed by atoms with van der Waals surface area (Å²) in [4.78, 5) is 18.7. The molecule has 0 spiro atoms. The van der Waals surface area contributed by atoms with E-state index in [0.29, 0.717) is 10.4 Å². The van der Waals surface area contributed by atoms with Crippen LogP contribution in [0.4, 0.5) is 0 Å². The van der Waals surface area contributed by atoms with E-state index >= 15 is 0 Å². The second-order valence-corrected chi connectivity index (χ2v) is 9.19. The molecule has 5 rings (SSSR count). The van der Waals surface area contributed by atoms with Gasteiger partial charge in [0.1, 0.15) is 16.0 Å². The van der Waals surface area contributed by atoms with Crippen LogP contribution < -0.4 is 0 Å². The number of pyridine rings is 1. The third kappa shape index (κ3) is 3.37. The summed E-state index contributed by atoms with van der Waals surface area (Å²) in [5.41, 5.74) is 5.91. The average molecular weight is 415 g/mol. The van der Waals surface area contributed by atoms with Gasteiger partial charge in [-0.1, -0.05) is 66.2 Å². The lowest BCUT2D eigenvalue weighted by Gasteiger charge is -2.02. The van der Waals surface area contributed by atoms with Gasteiger partial charge >= 0.3 is 0 Å². The predicted octanol–water partition coefficient (Wildman–Crippen LogP) is 6.38. The molecule has 0 amide bonds. The zero-order chi connectivity index (χ0) is 19.8. The molecule has 0 saturated heterocycles. The van der Waals surface area contributed by atoms with Crippen molar-refractivity contribution in [1.29, 1.82) is 0 Å². The Labute approximate surface area is 177 Å². The number of thiophene rings is 1. The van der Waals surface area contributed by atoms with Crippen LogP contribution >= 0.6 is 23.1 Å². The smallest absolute Gasteiger partial charge is 0.205 e. The van der Waals surface area contributed by atoms with Gasteiger partial charge in [-0.25, -0.2) is 4.98 Å². The van der Waals surface area contributed by atoms with Crippen LogP contribution in [0.1, 0.15) is 26.4 Å². The molecular formula is C24H18N2OS2. The molecule has 0 unspecified atom stereocenters. The van der Waals surface area contributed by atoms with Gasteiger partial charge in [0.05, 0.1) is 9.73 Å². The third-order valence-corrected chi connectivity index (χ3v) is 7.36. The van der Waals surface area contributed by atoms with Gasteiger partial charge in [-0.3, -0.25) is 9.20 Å². The first-order valence-electron chi connectivity index (χ1n) is 9.38. The Morgan fingerprint density at radius 2 is 1.76 bits per heavy atom. The summed E-state index contributed by atoms with van der Waals surface area (Å²) < 4.78 is 3.21. The predicted molar refractivity (Wildman–Crippen MR) is 121 cm³/mol. The van der Waals surface area contributed by atoms with Crippen molar-refractivity contribution < 1.29 is 4.79 Å². The second-order valence-electron chi connectivity index (χ2n) is 6.93. The molecule has 5 aromatic rings. The van der Waals surface area contributed by atoms with Crippen molar-refractivity contribution in [3.63, 3.8) is 0 Å². The van der Waals surface area contributed by atoms with Gasteiger partial charge in [0.2, 0.25) is 5.78 Å². The van der Waals surface area contributed by atoms with Crippen molar-refractivity contribution in [3.05, 3.63) is 101 Å². The number of aryl methyl sites for hydroxylation is 1. The molecular weight excluding hydrogens is 396 g/mol. The van der Waals surface area contributed by atoms with Crippen LogP contribution in [0.5, 0.6) is 0 Å². The van der Waals surface area contributed by atoms with Gasteiger partial charge in [-0.2, -0.15) is 0 Å². The number of carbonyl (C=O) groups is 1. The molecule has 0 bridgehead atoms. The molecule has 0 radical (unpaired) electrons. The Balaban J connectivity index is 1.61. The topological polar surface area (TPSA) is 34.4 Å². The summed E-state index contributed by atoms with van der Waals surface area (Å²) in [5.74, 6) is 0.890. The summed E-state index contributed by atoms with van der Waals surface area (Å²) in [6.07, 6.45) is 2.02. The van der Waals surface area contributed by atoms with E-state index < -0.39 is 0 Å². The van der Waals surface area contributed by atoms with E-state index in [1.807, 2.05) is 54.7 Å². The summed E-state index contributed by atoms with van der Waals surface area (Å²) in [6.45, 7) is 2.10. The number of carbonyl (C=O) groups excluding carboxylic acids is 1. The molecule has 0 aliphatic carbocycles. The zero-order valence-corrected chi connectivity index (χ0v) is 17.5. The number of nitrogens with zero attached hydrogens (tertiary/aromatic N) is 2. The Hall–Kier alpha value is -2.89. The minimum absolute atomic E-state index is 0.0335. The molecule has 0 saturated carbocycles. The van der Waals surface area contributed by atoms with Crippen molar-refractivity contribution in [1.82, 2.24) is 9.38 Å². The lowest BCUT2D eigenvalue weighted by atomic mass is 10.1. The number of hydrogen-bond acceptors (Lipinski definition) is 4. The first-order chi connectivity index (χ1) is 14.2. The molecule has 0 fully saturated rings. The summed E-state index contributed by atoms with van der Waals surface area (Å²) in [6, 6.07) is 24.0.